The van der Waals surface area contributed by atoms with Gasteiger partial charge in [-0.1, -0.05) is 18.2 Å². The minimum atomic E-state index is -1.58. The number of benzene rings is 2. The number of hydrogen-bond acceptors (Lipinski definition) is 4. The summed E-state index contributed by atoms with van der Waals surface area (Å²) < 4.78 is 13.6. The van der Waals surface area contributed by atoms with Gasteiger partial charge in [0.05, 0.1) is 4.92 Å². The molecule has 0 aromatic heterocycles. The van der Waals surface area contributed by atoms with Gasteiger partial charge in [0.15, 0.2) is 0 Å². The average Bonchev–Trinajstić information content (AvgIpc) is 2.39. The van der Waals surface area contributed by atoms with Gasteiger partial charge >= 0.3 is 5.97 Å². The maximum absolute atomic E-state index is 13.6. The van der Waals surface area contributed by atoms with Gasteiger partial charge in [-0.15, -0.1) is 0 Å². The Kier molecular flexibility index (Phi) is 3.60. The van der Waals surface area contributed by atoms with Crippen molar-refractivity contribution in [2.24, 2.45) is 0 Å². The number of halogens is 1. The highest BCUT2D eigenvalue weighted by Gasteiger charge is 2.25. The second-order valence-corrected chi connectivity index (χ2v) is 3.87. The maximum atomic E-state index is 13.6. The fraction of sp³-hybridized carbons (Fsp3) is 0. The molecule has 0 amide bonds. The first-order valence-electron chi connectivity index (χ1n) is 5.53. The summed E-state index contributed by atoms with van der Waals surface area (Å²) in [6.07, 6.45) is 0. The highest BCUT2D eigenvalue weighted by Crippen LogP contribution is 2.33. The maximum Gasteiger partial charge on any atom is 0.341 e. The van der Waals surface area contributed by atoms with E-state index in [0.29, 0.717) is 5.69 Å². The summed E-state index contributed by atoms with van der Waals surface area (Å²) in [4.78, 5) is 21.3. The summed E-state index contributed by atoms with van der Waals surface area (Å²) in [6.45, 7) is 0. The quantitative estimate of drug-likeness (QED) is 0.660. The van der Waals surface area contributed by atoms with Crippen LogP contribution in [-0.2, 0) is 0 Å². The molecule has 0 fully saturated rings. The smallest absolute Gasteiger partial charge is 0.341 e. The predicted octanol–water partition coefficient (Wildman–Crippen LogP) is 3.18. The molecule has 20 heavy (non-hydrogen) atoms. The van der Waals surface area contributed by atoms with Crippen LogP contribution < -0.4 is 5.32 Å². The summed E-state index contributed by atoms with van der Waals surface area (Å²) >= 11 is 0. The van der Waals surface area contributed by atoms with Gasteiger partial charge in [-0.25, -0.2) is 9.18 Å². The van der Waals surface area contributed by atoms with E-state index in [1.54, 1.807) is 30.3 Å². The summed E-state index contributed by atoms with van der Waals surface area (Å²) in [5, 5.41) is 22.6. The summed E-state index contributed by atoms with van der Waals surface area (Å²) in [5.41, 5.74) is -1.23. The van der Waals surface area contributed by atoms with Crippen molar-refractivity contribution in [2.75, 3.05) is 5.32 Å². The van der Waals surface area contributed by atoms with Crippen molar-refractivity contribution < 1.29 is 19.2 Å². The lowest BCUT2D eigenvalue weighted by molar-refractivity contribution is -0.384. The van der Waals surface area contributed by atoms with Crippen molar-refractivity contribution in [2.45, 2.75) is 0 Å². The van der Waals surface area contributed by atoms with Crippen LogP contribution in [0.4, 0.5) is 21.5 Å². The van der Waals surface area contributed by atoms with E-state index in [9.17, 15) is 19.3 Å². The third-order valence-electron chi connectivity index (χ3n) is 2.59. The molecule has 0 saturated carbocycles. The van der Waals surface area contributed by atoms with Crippen LogP contribution in [-0.4, -0.2) is 16.0 Å². The number of nitro groups is 1. The van der Waals surface area contributed by atoms with Crippen LogP contribution in [0.1, 0.15) is 10.4 Å². The molecule has 7 heteroatoms. The number of anilines is 2. The standard InChI is InChI=1S/C13H9FN2O4/c14-9-6-7-10(16(19)20)12(11(9)13(17)18)15-8-4-2-1-3-5-8/h1-7,15H,(H,17,18). The number of para-hydroxylation sites is 1. The van der Waals surface area contributed by atoms with Gasteiger partial charge in [0, 0.05) is 11.8 Å². The molecule has 2 rings (SSSR count). The van der Waals surface area contributed by atoms with Crippen LogP contribution in [0.3, 0.4) is 0 Å². The molecule has 0 radical (unpaired) electrons. The molecule has 0 aliphatic rings. The normalized spacial score (nSPS) is 10.1. The van der Waals surface area contributed by atoms with E-state index in [1.807, 2.05) is 0 Å². The number of hydrogen-bond donors (Lipinski definition) is 2. The molecule has 0 heterocycles. The Morgan fingerprint density at radius 1 is 1.20 bits per heavy atom. The first-order valence-corrected chi connectivity index (χ1v) is 5.53. The zero-order valence-electron chi connectivity index (χ0n) is 10.0. The van der Waals surface area contributed by atoms with Crippen molar-refractivity contribution in [3.05, 3.63) is 64.0 Å². The molecule has 0 unspecified atom stereocenters. The average molecular weight is 276 g/mol. The number of nitro benzene ring substituents is 1. The SMILES string of the molecule is O=C(O)c1c(F)ccc([N+](=O)[O-])c1Nc1ccccc1. The van der Waals surface area contributed by atoms with E-state index in [4.69, 9.17) is 5.11 Å². The third-order valence-corrected chi connectivity index (χ3v) is 2.59. The number of aromatic carboxylic acids is 1. The first kappa shape index (κ1) is 13.5. The highest BCUT2D eigenvalue weighted by atomic mass is 19.1. The number of carboxylic acids is 1. The van der Waals surface area contributed by atoms with Gasteiger partial charge in [0.2, 0.25) is 0 Å². The molecule has 2 N–H and O–H groups in total. The van der Waals surface area contributed by atoms with Crippen molar-refractivity contribution in [1.29, 1.82) is 0 Å². The van der Waals surface area contributed by atoms with Gasteiger partial charge in [-0.2, -0.15) is 0 Å². The van der Waals surface area contributed by atoms with Crippen LogP contribution >= 0.6 is 0 Å². The Morgan fingerprint density at radius 2 is 1.85 bits per heavy atom. The monoisotopic (exact) mass is 276 g/mol. The Morgan fingerprint density at radius 3 is 2.40 bits per heavy atom. The van der Waals surface area contributed by atoms with Gasteiger partial charge in [-0.05, 0) is 18.2 Å². The molecule has 0 spiro atoms. The fourth-order valence-electron chi connectivity index (χ4n) is 1.72. The largest absolute Gasteiger partial charge is 0.478 e. The second-order valence-electron chi connectivity index (χ2n) is 3.87. The Bertz CT molecular complexity index is 674. The zero-order chi connectivity index (χ0) is 14.7. The van der Waals surface area contributed by atoms with Crippen molar-refractivity contribution in [3.63, 3.8) is 0 Å². The number of carboxylic acid groups (broad SMARTS) is 1. The summed E-state index contributed by atoms with van der Waals surface area (Å²) in [6, 6.07) is 9.90. The van der Waals surface area contributed by atoms with E-state index in [2.05, 4.69) is 5.32 Å². The minimum Gasteiger partial charge on any atom is -0.478 e. The first-order chi connectivity index (χ1) is 9.50. The molecule has 0 aliphatic heterocycles. The Hall–Kier alpha value is -2.96. The fourth-order valence-corrected chi connectivity index (χ4v) is 1.72. The van der Waals surface area contributed by atoms with E-state index in [0.717, 1.165) is 12.1 Å². The van der Waals surface area contributed by atoms with Crippen molar-refractivity contribution in [3.8, 4) is 0 Å². The number of nitrogens with zero attached hydrogens (tertiary/aromatic N) is 1. The Balaban J connectivity index is 2.61. The van der Waals surface area contributed by atoms with E-state index < -0.39 is 28.0 Å². The molecule has 6 nitrogen and oxygen atoms in total. The number of carbonyl (C=O) groups is 1. The second kappa shape index (κ2) is 5.35. The van der Waals surface area contributed by atoms with Gasteiger partial charge in [0.25, 0.3) is 5.69 Å². The van der Waals surface area contributed by atoms with E-state index in [-0.39, 0.29) is 5.69 Å². The molecule has 2 aromatic rings. The molecule has 2 aromatic carbocycles. The predicted molar refractivity (Wildman–Crippen MR) is 69.7 cm³/mol. The minimum absolute atomic E-state index is 0.381. The van der Waals surface area contributed by atoms with Crippen molar-refractivity contribution >= 4 is 23.0 Å². The van der Waals surface area contributed by atoms with Crippen LogP contribution in [0, 0.1) is 15.9 Å². The molecule has 102 valence electrons. The van der Waals surface area contributed by atoms with Crippen LogP contribution in [0.5, 0.6) is 0 Å². The molecule has 0 aliphatic carbocycles. The van der Waals surface area contributed by atoms with Crippen LogP contribution in [0.2, 0.25) is 0 Å². The molecular weight excluding hydrogens is 267 g/mol. The molecule has 0 saturated heterocycles. The topological polar surface area (TPSA) is 92.5 Å². The molecular formula is C13H9FN2O4. The lowest BCUT2D eigenvalue weighted by Crippen LogP contribution is -2.08. The zero-order valence-corrected chi connectivity index (χ0v) is 10.0. The summed E-state index contributed by atoms with van der Waals surface area (Å²) in [7, 11) is 0. The number of nitrogens with one attached hydrogen (secondary N) is 1. The third kappa shape index (κ3) is 2.56. The number of rotatable bonds is 4. The van der Waals surface area contributed by atoms with Gasteiger partial charge in [-0.3, -0.25) is 10.1 Å². The highest BCUT2D eigenvalue weighted by molar-refractivity contribution is 5.98. The van der Waals surface area contributed by atoms with E-state index in [1.165, 1.54) is 0 Å². The molecule has 0 bridgehead atoms. The van der Waals surface area contributed by atoms with Gasteiger partial charge in [0.1, 0.15) is 17.1 Å². The van der Waals surface area contributed by atoms with Crippen molar-refractivity contribution in [1.82, 2.24) is 0 Å². The summed E-state index contributed by atoms with van der Waals surface area (Å²) in [5.74, 6) is -2.62. The van der Waals surface area contributed by atoms with Crippen LogP contribution in [0.25, 0.3) is 0 Å². The lowest BCUT2D eigenvalue weighted by Gasteiger charge is -2.10. The van der Waals surface area contributed by atoms with E-state index >= 15 is 0 Å². The molecule has 0 atom stereocenters. The Labute approximate surface area is 112 Å². The van der Waals surface area contributed by atoms with Gasteiger partial charge < -0.3 is 10.4 Å². The van der Waals surface area contributed by atoms with Crippen LogP contribution in [0.15, 0.2) is 42.5 Å². The lowest BCUT2D eigenvalue weighted by atomic mass is 10.1.